The fraction of sp³-hybridized carbons (Fsp3) is 0.708. The van der Waals surface area contributed by atoms with E-state index in [-0.39, 0.29) is 23.8 Å². The Morgan fingerprint density at radius 1 is 1.30 bits per heavy atom. The number of Topliss-reactive ketones (excluding diaryl/α,β-unsaturated/α-hetero) is 1. The zero-order valence-corrected chi connectivity index (χ0v) is 20.4. The van der Waals surface area contributed by atoms with Gasteiger partial charge in [-0.05, 0) is 23.7 Å². The predicted octanol–water partition coefficient (Wildman–Crippen LogP) is 1.54. The largest absolute Gasteiger partial charge is 0.413 e. The number of ether oxygens (including phenoxy) is 1. The summed E-state index contributed by atoms with van der Waals surface area (Å²) in [7, 11) is 0. The Hall–Kier alpha value is -2.89. The van der Waals surface area contributed by atoms with Crippen molar-refractivity contribution >= 4 is 23.5 Å². The van der Waals surface area contributed by atoms with Crippen LogP contribution in [0.3, 0.4) is 0 Å². The van der Waals surface area contributed by atoms with E-state index >= 15 is 0 Å². The van der Waals surface area contributed by atoms with Crippen molar-refractivity contribution in [3.63, 3.8) is 0 Å². The van der Waals surface area contributed by atoms with E-state index in [2.05, 4.69) is 31.1 Å². The van der Waals surface area contributed by atoms with E-state index in [1.54, 1.807) is 27.0 Å². The van der Waals surface area contributed by atoms with Gasteiger partial charge in [0.1, 0.15) is 6.04 Å². The fourth-order valence-electron chi connectivity index (χ4n) is 4.84. The van der Waals surface area contributed by atoms with Gasteiger partial charge in [-0.3, -0.25) is 19.2 Å². The van der Waals surface area contributed by atoms with Gasteiger partial charge < -0.3 is 20.3 Å². The quantitative estimate of drug-likeness (QED) is 0.289. The molecule has 0 radical (unpaired) electrons. The maximum absolute atomic E-state index is 13.4. The molecule has 2 aliphatic rings. The van der Waals surface area contributed by atoms with Crippen LogP contribution >= 0.6 is 0 Å². The molecule has 1 heterocycles. The molecule has 1 aliphatic heterocycles. The monoisotopic (exact) mass is 460 g/mol. The molecule has 182 valence electrons. The fourth-order valence-corrected chi connectivity index (χ4v) is 4.84. The van der Waals surface area contributed by atoms with Crippen molar-refractivity contribution in [2.75, 3.05) is 13.1 Å². The number of nitrogens with zero attached hydrogens (tertiary/aromatic N) is 2. The predicted molar refractivity (Wildman–Crippen MR) is 121 cm³/mol. The van der Waals surface area contributed by atoms with Gasteiger partial charge in [-0.25, -0.2) is 0 Å². The molecular weight excluding hydrogens is 424 g/mol. The number of hydrogen-bond donors (Lipinski definition) is 2. The molecule has 5 atom stereocenters. The zero-order chi connectivity index (χ0) is 25.1. The molecular formula is C24H36N4O5. The zero-order valence-electron chi connectivity index (χ0n) is 20.4. The maximum atomic E-state index is 13.4. The van der Waals surface area contributed by atoms with E-state index in [0.29, 0.717) is 19.4 Å². The number of piperidine rings is 1. The summed E-state index contributed by atoms with van der Waals surface area (Å²) in [5.41, 5.74) is -0.780. The molecule has 1 aliphatic carbocycles. The highest BCUT2D eigenvalue weighted by atomic mass is 16.5. The summed E-state index contributed by atoms with van der Waals surface area (Å²) in [6.07, 6.45) is 2.92. The van der Waals surface area contributed by atoms with Gasteiger partial charge >= 0.3 is 0 Å². The van der Waals surface area contributed by atoms with E-state index in [1.807, 2.05) is 6.92 Å². The van der Waals surface area contributed by atoms with E-state index in [9.17, 15) is 19.2 Å². The van der Waals surface area contributed by atoms with Gasteiger partial charge in [0.25, 0.3) is 18.1 Å². The minimum atomic E-state index is -1.03. The van der Waals surface area contributed by atoms with Gasteiger partial charge in [0.2, 0.25) is 11.7 Å². The molecule has 1 unspecified atom stereocenters. The molecule has 9 nitrogen and oxygen atoms in total. The molecule has 9 heteroatoms. The molecule has 0 aromatic rings. The Morgan fingerprint density at radius 2 is 1.94 bits per heavy atom. The molecule has 0 bridgehead atoms. The summed E-state index contributed by atoms with van der Waals surface area (Å²) in [6.45, 7) is 15.4. The summed E-state index contributed by atoms with van der Waals surface area (Å²) < 4.78 is 5.11. The van der Waals surface area contributed by atoms with E-state index in [1.165, 1.54) is 11.0 Å². The van der Waals surface area contributed by atoms with Crippen LogP contribution in [-0.4, -0.2) is 59.7 Å². The van der Waals surface area contributed by atoms with Crippen LogP contribution in [0.25, 0.3) is 0 Å². The van der Waals surface area contributed by atoms with Crippen molar-refractivity contribution < 1.29 is 23.9 Å². The number of ketones is 1. The molecule has 2 N–H and O–H groups in total. The highest BCUT2D eigenvalue weighted by Gasteiger charge is 2.70. The summed E-state index contributed by atoms with van der Waals surface area (Å²) in [5, 5.41) is 14.2. The first-order valence-electron chi connectivity index (χ1n) is 11.4. The molecule has 3 amide bonds. The van der Waals surface area contributed by atoms with Crippen LogP contribution in [0.2, 0.25) is 0 Å². The number of rotatable bonds is 10. The number of carbonyl (C=O) groups excluding carboxylic acids is 4. The van der Waals surface area contributed by atoms with Gasteiger partial charge in [-0.1, -0.05) is 54.0 Å². The first kappa shape index (κ1) is 26.4. The van der Waals surface area contributed by atoms with Crippen molar-refractivity contribution in [2.24, 2.45) is 22.7 Å². The molecule has 2 rings (SSSR count). The minimum Gasteiger partial charge on any atom is -0.413 e. The van der Waals surface area contributed by atoms with Gasteiger partial charge in [-0.15, -0.1) is 6.58 Å². The SMILES string of the molecule is C=CCNC(=O)C(=O)C(CCC)NC(=O)[C@@H]1[C@@H]2[C@H](CN1C(=O)[C@H](OC#N)C(C)(C)C)C2(C)C. The summed E-state index contributed by atoms with van der Waals surface area (Å²) in [4.78, 5) is 53.1. The van der Waals surface area contributed by atoms with E-state index in [4.69, 9.17) is 10.00 Å². The first-order chi connectivity index (χ1) is 15.3. The second kappa shape index (κ2) is 9.94. The topological polar surface area (TPSA) is 129 Å². The summed E-state index contributed by atoms with van der Waals surface area (Å²) in [5.74, 6) is -2.33. The standard InChI is InChI=1S/C24H36N4O5/c1-8-10-15(18(29)21(31)26-11-9-2)27-20(30)17-16-14(24(16,6)7)12-28(17)22(32)19(33-13-25)23(3,4)5/h9,14-17,19H,2,8,10-12H2,1,3-7H3,(H,26,31)(H,27,30)/t14-,15?,16-,17-,19-/m0/s1. The third-order valence-corrected chi connectivity index (χ3v) is 6.78. The van der Waals surface area contributed by atoms with Crippen LogP contribution in [0, 0.1) is 34.2 Å². The van der Waals surface area contributed by atoms with Crippen LogP contribution in [0.1, 0.15) is 54.4 Å². The van der Waals surface area contributed by atoms with Crippen LogP contribution in [0.5, 0.6) is 0 Å². The van der Waals surface area contributed by atoms with Crippen LogP contribution in [0.15, 0.2) is 12.7 Å². The Morgan fingerprint density at radius 3 is 2.45 bits per heavy atom. The van der Waals surface area contributed by atoms with Crippen LogP contribution < -0.4 is 10.6 Å². The number of hydrogen-bond acceptors (Lipinski definition) is 6. The van der Waals surface area contributed by atoms with Gasteiger partial charge in [0.15, 0.2) is 6.10 Å². The highest BCUT2D eigenvalue weighted by Crippen LogP contribution is 2.65. The Labute approximate surface area is 195 Å². The Bertz CT molecular complexity index is 854. The second-order valence-corrected chi connectivity index (χ2v) is 10.6. The smallest absolute Gasteiger partial charge is 0.289 e. The number of nitriles is 1. The van der Waals surface area contributed by atoms with Crippen molar-refractivity contribution in [1.82, 2.24) is 15.5 Å². The molecule has 1 saturated heterocycles. The first-order valence-corrected chi connectivity index (χ1v) is 11.4. The van der Waals surface area contributed by atoms with E-state index < -0.39 is 47.1 Å². The average Bonchev–Trinajstić information content (AvgIpc) is 3.08. The third-order valence-electron chi connectivity index (χ3n) is 6.78. The lowest BCUT2D eigenvalue weighted by atomic mass is 9.87. The second-order valence-electron chi connectivity index (χ2n) is 10.6. The lowest BCUT2D eigenvalue weighted by Crippen LogP contribution is -2.57. The third kappa shape index (κ3) is 5.37. The molecule has 0 aromatic carbocycles. The van der Waals surface area contributed by atoms with Gasteiger partial charge in [-0.2, -0.15) is 5.26 Å². The number of carbonyl (C=O) groups is 4. The van der Waals surface area contributed by atoms with Crippen molar-refractivity contribution in [2.45, 2.75) is 72.6 Å². The number of fused-ring (bicyclic) bond motifs is 1. The van der Waals surface area contributed by atoms with Crippen molar-refractivity contribution in [3.05, 3.63) is 12.7 Å². The molecule has 0 spiro atoms. The molecule has 0 aromatic heterocycles. The van der Waals surface area contributed by atoms with Crippen molar-refractivity contribution in [3.8, 4) is 6.26 Å². The highest BCUT2D eigenvalue weighted by molar-refractivity contribution is 6.38. The number of amides is 3. The average molecular weight is 461 g/mol. The lowest BCUT2D eigenvalue weighted by molar-refractivity contribution is -0.152. The molecule has 2 fully saturated rings. The molecule has 1 saturated carbocycles. The minimum absolute atomic E-state index is 0.0730. The normalized spacial score (nSPS) is 24.5. The summed E-state index contributed by atoms with van der Waals surface area (Å²) >= 11 is 0. The Kier molecular flexibility index (Phi) is 7.94. The summed E-state index contributed by atoms with van der Waals surface area (Å²) in [6, 6.07) is -1.79. The van der Waals surface area contributed by atoms with Crippen LogP contribution in [-0.2, 0) is 23.9 Å². The molecule has 33 heavy (non-hydrogen) atoms. The Balaban J connectivity index is 2.27. The van der Waals surface area contributed by atoms with Crippen molar-refractivity contribution in [1.29, 1.82) is 5.26 Å². The van der Waals surface area contributed by atoms with Gasteiger partial charge in [0.05, 0.1) is 6.04 Å². The van der Waals surface area contributed by atoms with E-state index in [0.717, 1.165) is 0 Å². The number of likely N-dealkylation sites (tertiary alicyclic amines) is 1. The lowest BCUT2D eigenvalue weighted by Gasteiger charge is -2.36. The van der Waals surface area contributed by atoms with Gasteiger partial charge in [0, 0.05) is 18.5 Å². The maximum Gasteiger partial charge on any atom is 0.289 e. The van der Waals surface area contributed by atoms with Crippen LogP contribution in [0.4, 0.5) is 0 Å². The number of nitrogens with one attached hydrogen (secondary N) is 2.